The van der Waals surface area contributed by atoms with Gasteiger partial charge in [0, 0.05) is 23.7 Å². The standard InChI is InChI=1S/C10H10F4N2/c1-2-16-6-3-5-4-9(5,11)7(6)8(15-16)10(12,13)14/h5H,2-4H2,1H3. The maximum atomic E-state index is 14.1. The Kier molecular flexibility index (Phi) is 1.64. The zero-order valence-corrected chi connectivity index (χ0v) is 8.60. The van der Waals surface area contributed by atoms with Crippen LogP contribution < -0.4 is 0 Å². The van der Waals surface area contributed by atoms with E-state index in [2.05, 4.69) is 5.10 Å². The molecule has 1 aromatic rings. The Balaban J connectivity index is 2.21. The Hall–Kier alpha value is -1.07. The molecular weight excluding hydrogens is 224 g/mol. The highest BCUT2D eigenvalue weighted by atomic mass is 19.4. The van der Waals surface area contributed by atoms with Crippen LogP contribution in [0, 0.1) is 5.92 Å². The largest absolute Gasteiger partial charge is 0.435 e. The molecule has 88 valence electrons. The van der Waals surface area contributed by atoms with Gasteiger partial charge in [-0.05, 0) is 19.8 Å². The average molecular weight is 234 g/mol. The van der Waals surface area contributed by atoms with E-state index in [0.29, 0.717) is 18.7 Å². The molecule has 0 amide bonds. The summed E-state index contributed by atoms with van der Waals surface area (Å²) in [5.74, 6) is -0.251. The SMILES string of the molecule is CCn1nc(C(F)(F)F)c2c1CC1CC21F. The smallest absolute Gasteiger partial charge is 0.269 e. The molecule has 16 heavy (non-hydrogen) atoms. The molecule has 0 aromatic carbocycles. The summed E-state index contributed by atoms with van der Waals surface area (Å²) in [6.45, 7) is 2.06. The predicted molar refractivity (Wildman–Crippen MR) is 47.5 cm³/mol. The molecule has 6 heteroatoms. The zero-order chi connectivity index (χ0) is 11.7. The molecule has 0 bridgehead atoms. The van der Waals surface area contributed by atoms with E-state index >= 15 is 0 Å². The number of hydrogen-bond donors (Lipinski definition) is 0. The summed E-state index contributed by atoms with van der Waals surface area (Å²) in [6, 6.07) is 0. The molecule has 0 aliphatic heterocycles. The first-order valence-corrected chi connectivity index (χ1v) is 5.24. The lowest BCUT2D eigenvalue weighted by atomic mass is 10.1. The van der Waals surface area contributed by atoms with Crippen molar-refractivity contribution in [3.63, 3.8) is 0 Å². The third kappa shape index (κ3) is 1.05. The minimum Gasteiger partial charge on any atom is -0.269 e. The van der Waals surface area contributed by atoms with Crippen LogP contribution in [0.15, 0.2) is 0 Å². The van der Waals surface area contributed by atoms with Crippen LogP contribution in [0.1, 0.15) is 30.3 Å². The second-order valence-corrected chi connectivity index (χ2v) is 4.45. The van der Waals surface area contributed by atoms with Gasteiger partial charge in [0.15, 0.2) is 5.69 Å². The van der Waals surface area contributed by atoms with E-state index in [1.165, 1.54) is 4.68 Å². The highest BCUT2D eigenvalue weighted by molar-refractivity contribution is 5.45. The summed E-state index contributed by atoms with van der Waals surface area (Å²) >= 11 is 0. The van der Waals surface area contributed by atoms with Gasteiger partial charge in [0.2, 0.25) is 0 Å². The molecule has 1 heterocycles. The van der Waals surface area contributed by atoms with Gasteiger partial charge in [-0.15, -0.1) is 0 Å². The number of aromatic nitrogens is 2. The third-order valence-corrected chi connectivity index (χ3v) is 3.51. The van der Waals surface area contributed by atoms with E-state index in [4.69, 9.17) is 0 Å². The average Bonchev–Trinajstić information content (AvgIpc) is 2.57. The Morgan fingerprint density at radius 2 is 2.19 bits per heavy atom. The number of rotatable bonds is 1. The van der Waals surface area contributed by atoms with Crippen molar-refractivity contribution < 1.29 is 17.6 Å². The Morgan fingerprint density at radius 3 is 2.75 bits per heavy atom. The molecule has 1 aromatic heterocycles. The van der Waals surface area contributed by atoms with Crippen LogP contribution in [0.2, 0.25) is 0 Å². The molecule has 2 atom stereocenters. The third-order valence-electron chi connectivity index (χ3n) is 3.51. The number of nitrogens with zero attached hydrogens (tertiary/aromatic N) is 2. The summed E-state index contributed by atoms with van der Waals surface area (Å²) in [6.07, 6.45) is -3.94. The first kappa shape index (κ1) is 10.1. The predicted octanol–water partition coefficient (Wildman–Crippen LogP) is 2.66. The van der Waals surface area contributed by atoms with Gasteiger partial charge < -0.3 is 0 Å². The maximum Gasteiger partial charge on any atom is 0.435 e. The van der Waals surface area contributed by atoms with Crippen LogP contribution in [-0.2, 0) is 24.8 Å². The fourth-order valence-corrected chi connectivity index (χ4v) is 2.67. The molecule has 2 nitrogen and oxygen atoms in total. The van der Waals surface area contributed by atoms with Crippen LogP contribution in [-0.4, -0.2) is 9.78 Å². The quantitative estimate of drug-likeness (QED) is 0.683. The van der Waals surface area contributed by atoms with E-state index in [9.17, 15) is 17.6 Å². The number of halogens is 4. The maximum absolute atomic E-state index is 14.1. The topological polar surface area (TPSA) is 17.8 Å². The molecule has 0 radical (unpaired) electrons. The van der Waals surface area contributed by atoms with E-state index in [1.807, 2.05) is 0 Å². The van der Waals surface area contributed by atoms with Crippen molar-refractivity contribution in [2.24, 2.45) is 5.92 Å². The highest BCUT2D eigenvalue weighted by Gasteiger charge is 2.66. The number of hydrogen-bond acceptors (Lipinski definition) is 1. The fraction of sp³-hybridized carbons (Fsp3) is 0.700. The van der Waals surface area contributed by atoms with Gasteiger partial charge >= 0.3 is 6.18 Å². The first-order chi connectivity index (χ1) is 7.38. The molecule has 3 rings (SSSR count). The van der Waals surface area contributed by atoms with Gasteiger partial charge in [-0.3, -0.25) is 4.68 Å². The summed E-state index contributed by atoms with van der Waals surface area (Å²) < 4.78 is 53.5. The van der Waals surface area contributed by atoms with Crippen molar-refractivity contribution >= 4 is 0 Å². The van der Waals surface area contributed by atoms with Crippen LogP contribution in [0.4, 0.5) is 17.6 Å². The van der Waals surface area contributed by atoms with E-state index < -0.39 is 17.5 Å². The van der Waals surface area contributed by atoms with E-state index in [1.54, 1.807) is 6.92 Å². The van der Waals surface area contributed by atoms with Crippen LogP contribution in [0.5, 0.6) is 0 Å². The zero-order valence-electron chi connectivity index (χ0n) is 8.60. The van der Waals surface area contributed by atoms with Gasteiger partial charge in [-0.2, -0.15) is 18.3 Å². The molecule has 2 unspecified atom stereocenters. The second-order valence-electron chi connectivity index (χ2n) is 4.45. The minimum absolute atomic E-state index is 0.188. The van der Waals surface area contributed by atoms with E-state index in [0.717, 1.165) is 0 Å². The van der Waals surface area contributed by atoms with Crippen molar-refractivity contribution in [3.05, 3.63) is 17.0 Å². The summed E-state index contributed by atoms with van der Waals surface area (Å²) in [5, 5.41) is 3.50. The lowest BCUT2D eigenvalue weighted by molar-refractivity contribution is -0.142. The monoisotopic (exact) mass is 234 g/mol. The molecule has 2 aliphatic rings. The first-order valence-electron chi connectivity index (χ1n) is 5.24. The van der Waals surface area contributed by atoms with Crippen molar-refractivity contribution in [1.29, 1.82) is 0 Å². The van der Waals surface area contributed by atoms with Gasteiger partial charge in [-0.25, -0.2) is 4.39 Å². The second kappa shape index (κ2) is 2.60. The highest BCUT2D eigenvalue weighted by Crippen LogP contribution is 2.64. The van der Waals surface area contributed by atoms with Crippen LogP contribution in [0.3, 0.4) is 0 Å². The van der Waals surface area contributed by atoms with Gasteiger partial charge in [-0.1, -0.05) is 0 Å². The lowest BCUT2D eigenvalue weighted by Gasteiger charge is -2.07. The molecule has 2 aliphatic carbocycles. The Morgan fingerprint density at radius 1 is 1.50 bits per heavy atom. The van der Waals surface area contributed by atoms with Gasteiger partial charge in [0.05, 0.1) is 0 Å². The Bertz CT molecular complexity index is 462. The van der Waals surface area contributed by atoms with Gasteiger partial charge in [0.25, 0.3) is 0 Å². The van der Waals surface area contributed by atoms with Gasteiger partial charge in [0.1, 0.15) is 5.67 Å². The fourth-order valence-electron chi connectivity index (χ4n) is 2.67. The number of alkyl halides is 4. The van der Waals surface area contributed by atoms with Crippen molar-refractivity contribution in [2.75, 3.05) is 0 Å². The van der Waals surface area contributed by atoms with Crippen molar-refractivity contribution in [1.82, 2.24) is 9.78 Å². The number of aryl methyl sites for hydroxylation is 1. The molecule has 0 saturated heterocycles. The molecule has 0 spiro atoms. The molecule has 1 fully saturated rings. The molecule has 0 N–H and O–H groups in total. The lowest BCUT2D eigenvalue weighted by Crippen LogP contribution is -2.13. The van der Waals surface area contributed by atoms with Crippen molar-refractivity contribution in [2.45, 2.75) is 38.2 Å². The normalized spacial score (nSPS) is 31.4. The summed E-state index contributed by atoms with van der Waals surface area (Å²) in [4.78, 5) is 0. The Labute approximate surface area is 89.2 Å². The van der Waals surface area contributed by atoms with Crippen LogP contribution >= 0.6 is 0 Å². The molecule has 1 saturated carbocycles. The summed E-state index contributed by atoms with van der Waals surface area (Å²) in [7, 11) is 0. The molecular formula is C10H10F4N2. The number of fused-ring (bicyclic) bond motifs is 3. The van der Waals surface area contributed by atoms with Crippen molar-refractivity contribution in [3.8, 4) is 0 Å². The minimum atomic E-state index is -4.55. The van der Waals surface area contributed by atoms with E-state index in [-0.39, 0.29) is 17.9 Å². The van der Waals surface area contributed by atoms with Crippen LogP contribution in [0.25, 0.3) is 0 Å². The summed E-state index contributed by atoms with van der Waals surface area (Å²) in [5.41, 5.74) is -2.51.